The van der Waals surface area contributed by atoms with Crippen molar-refractivity contribution < 1.29 is 19.3 Å². The van der Waals surface area contributed by atoms with Crippen LogP contribution in [0.5, 0.6) is 5.75 Å². The van der Waals surface area contributed by atoms with Gasteiger partial charge in [0.15, 0.2) is 0 Å². The van der Waals surface area contributed by atoms with Gasteiger partial charge in [-0.25, -0.2) is 0 Å². The van der Waals surface area contributed by atoms with Crippen LogP contribution in [0.2, 0.25) is 0 Å². The Morgan fingerprint density at radius 3 is 2.20 bits per heavy atom. The van der Waals surface area contributed by atoms with Gasteiger partial charge in [0.05, 0.1) is 6.61 Å². The lowest BCUT2D eigenvalue weighted by atomic mass is 9.63. The zero-order chi connectivity index (χ0) is 18.8. The number of ether oxygens (including phenoxy) is 3. The minimum absolute atomic E-state index is 0.0209. The number of methoxy groups -OCH3 is 1. The number of aliphatic hydroxyl groups excluding tert-OH is 1. The summed E-state index contributed by atoms with van der Waals surface area (Å²) in [7, 11) is 1.52. The van der Waals surface area contributed by atoms with Gasteiger partial charge in [0, 0.05) is 12.7 Å². The molecule has 4 heteroatoms. The van der Waals surface area contributed by atoms with Crippen molar-refractivity contribution >= 4 is 0 Å². The van der Waals surface area contributed by atoms with Crippen LogP contribution in [0.4, 0.5) is 0 Å². The standard InChI is InChI=1S/C21H30O4/c1-8-17(22)14-12-15-16(21(5,6)11-10-20(15,3)4)13-18(14)25-19(23-7)24-9-2/h1,12-13,17,19,22H,9-11H2,2-7H3. The zero-order valence-corrected chi connectivity index (χ0v) is 16.2. The number of benzene rings is 1. The molecule has 4 nitrogen and oxygen atoms in total. The lowest BCUT2D eigenvalue weighted by molar-refractivity contribution is -0.231. The van der Waals surface area contributed by atoms with Gasteiger partial charge in [-0.1, -0.05) is 33.6 Å². The van der Waals surface area contributed by atoms with E-state index in [4.69, 9.17) is 20.6 Å². The Morgan fingerprint density at radius 1 is 1.16 bits per heavy atom. The summed E-state index contributed by atoms with van der Waals surface area (Å²) in [5, 5.41) is 10.3. The average molecular weight is 346 g/mol. The molecule has 0 fully saturated rings. The molecule has 2 unspecified atom stereocenters. The number of aliphatic hydroxyl groups is 1. The topological polar surface area (TPSA) is 47.9 Å². The summed E-state index contributed by atoms with van der Waals surface area (Å²) in [6.07, 6.45) is 6.60. The number of rotatable bonds is 6. The van der Waals surface area contributed by atoms with E-state index >= 15 is 0 Å². The molecule has 0 saturated heterocycles. The first-order chi connectivity index (χ1) is 11.7. The lowest BCUT2D eigenvalue weighted by Gasteiger charge is -2.42. The summed E-state index contributed by atoms with van der Waals surface area (Å²) in [5.74, 6) is 2.90. The van der Waals surface area contributed by atoms with Gasteiger partial charge in [0.1, 0.15) is 11.9 Å². The van der Waals surface area contributed by atoms with Crippen LogP contribution >= 0.6 is 0 Å². The average Bonchev–Trinajstić information content (AvgIpc) is 2.57. The minimum Gasteiger partial charge on any atom is -0.441 e. The molecule has 0 radical (unpaired) electrons. The number of terminal acetylenes is 1. The Hall–Kier alpha value is -1.54. The molecule has 1 aromatic rings. The third-order valence-corrected chi connectivity index (χ3v) is 5.15. The SMILES string of the molecule is C#CC(O)c1cc2c(cc1OC(OC)OCC)C(C)(C)CCC2(C)C. The van der Waals surface area contributed by atoms with Crippen LogP contribution in [0.1, 0.15) is 70.3 Å². The molecule has 1 N–H and O–H groups in total. The smallest absolute Gasteiger partial charge is 0.315 e. The van der Waals surface area contributed by atoms with Crippen LogP contribution in [0.3, 0.4) is 0 Å². The zero-order valence-electron chi connectivity index (χ0n) is 16.2. The van der Waals surface area contributed by atoms with Crippen LogP contribution in [0.15, 0.2) is 12.1 Å². The predicted molar refractivity (Wildman–Crippen MR) is 98.6 cm³/mol. The highest BCUT2D eigenvalue weighted by Gasteiger charge is 2.38. The number of fused-ring (bicyclic) bond motifs is 1. The minimum atomic E-state index is -1.04. The van der Waals surface area contributed by atoms with Crippen molar-refractivity contribution in [2.45, 2.75) is 70.9 Å². The van der Waals surface area contributed by atoms with Crippen molar-refractivity contribution in [3.05, 3.63) is 28.8 Å². The third kappa shape index (κ3) is 4.00. The molecule has 1 aromatic carbocycles. The van der Waals surface area contributed by atoms with Gasteiger partial charge in [-0.15, -0.1) is 6.42 Å². The maximum atomic E-state index is 10.3. The highest BCUT2D eigenvalue weighted by atomic mass is 16.8. The monoisotopic (exact) mass is 346 g/mol. The van der Waals surface area contributed by atoms with Gasteiger partial charge >= 0.3 is 6.48 Å². The van der Waals surface area contributed by atoms with Crippen LogP contribution in [-0.2, 0) is 20.3 Å². The van der Waals surface area contributed by atoms with E-state index in [1.165, 1.54) is 18.2 Å². The van der Waals surface area contributed by atoms with Crippen LogP contribution in [0, 0.1) is 12.3 Å². The summed E-state index contributed by atoms with van der Waals surface area (Å²) >= 11 is 0. The van der Waals surface area contributed by atoms with E-state index in [-0.39, 0.29) is 10.8 Å². The molecule has 0 saturated carbocycles. The fraction of sp³-hybridized carbons (Fsp3) is 0.619. The summed E-state index contributed by atoms with van der Waals surface area (Å²) in [4.78, 5) is 0. The van der Waals surface area contributed by atoms with Crippen LogP contribution in [-0.4, -0.2) is 25.3 Å². The molecule has 1 aliphatic rings. The highest BCUT2D eigenvalue weighted by Crippen LogP contribution is 2.48. The molecule has 25 heavy (non-hydrogen) atoms. The second-order valence-electron chi connectivity index (χ2n) is 7.87. The van der Waals surface area contributed by atoms with E-state index in [0.717, 1.165) is 12.8 Å². The Bertz CT molecular complexity index is 655. The highest BCUT2D eigenvalue weighted by molar-refractivity contribution is 5.51. The molecule has 1 aliphatic carbocycles. The fourth-order valence-electron chi connectivity index (χ4n) is 3.41. The molecule has 0 spiro atoms. The number of hydrogen-bond acceptors (Lipinski definition) is 4. The van der Waals surface area contributed by atoms with E-state index in [1.54, 1.807) is 0 Å². The van der Waals surface area contributed by atoms with Crippen molar-refractivity contribution in [3.8, 4) is 18.1 Å². The molecule has 138 valence electrons. The van der Waals surface area contributed by atoms with Gasteiger partial charge in [0.2, 0.25) is 0 Å². The van der Waals surface area contributed by atoms with Crippen molar-refractivity contribution in [3.63, 3.8) is 0 Å². The fourth-order valence-corrected chi connectivity index (χ4v) is 3.41. The van der Waals surface area contributed by atoms with Crippen molar-refractivity contribution in [1.82, 2.24) is 0 Å². The lowest BCUT2D eigenvalue weighted by Crippen LogP contribution is -2.34. The van der Waals surface area contributed by atoms with E-state index < -0.39 is 12.6 Å². The van der Waals surface area contributed by atoms with E-state index in [2.05, 4.69) is 33.6 Å². The molecule has 0 amide bonds. The molecular formula is C21H30O4. The quantitative estimate of drug-likeness (QED) is 0.624. The Morgan fingerprint density at radius 2 is 1.72 bits per heavy atom. The Kier molecular flexibility index (Phi) is 5.83. The molecule has 0 heterocycles. The first-order valence-corrected chi connectivity index (χ1v) is 8.80. The maximum Gasteiger partial charge on any atom is 0.315 e. The maximum absolute atomic E-state index is 10.3. The van der Waals surface area contributed by atoms with Gasteiger partial charge in [-0.3, -0.25) is 0 Å². The molecule has 2 atom stereocenters. The number of hydrogen-bond donors (Lipinski definition) is 1. The van der Waals surface area contributed by atoms with Crippen molar-refractivity contribution in [2.75, 3.05) is 13.7 Å². The molecule has 0 aromatic heterocycles. The summed E-state index contributed by atoms with van der Waals surface area (Å²) < 4.78 is 16.5. The van der Waals surface area contributed by atoms with Gasteiger partial charge < -0.3 is 19.3 Å². The molecule has 0 aliphatic heterocycles. The Labute approximate surface area is 151 Å². The van der Waals surface area contributed by atoms with Gasteiger partial charge in [-0.05, 0) is 53.9 Å². The third-order valence-electron chi connectivity index (χ3n) is 5.15. The second kappa shape index (κ2) is 7.37. The normalized spacial score (nSPS) is 20.2. The van der Waals surface area contributed by atoms with Gasteiger partial charge in [-0.2, -0.15) is 0 Å². The molecule has 0 bridgehead atoms. The van der Waals surface area contributed by atoms with Crippen LogP contribution in [0.25, 0.3) is 0 Å². The van der Waals surface area contributed by atoms with Crippen molar-refractivity contribution in [2.24, 2.45) is 0 Å². The van der Waals surface area contributed by atoms with Crippen molar-refractivity contribution in [1.29, 1.82) is 0 Å². The largest absolute Gasteiger partial charge is 0.441 e. The second-order valence-corrected chi connectivity index (χ2v) is 7.87. The first kappa shape index (κ1) is 19.8. The van der Waals surface area contributed by atoms with E-state index in [9.17, 15) is 5.11 Å². The Balaban J connectivity index is 2.60. The van der Waals surface area contributed by atoms with Gasteiger partial charge in [0.25, 0.3) is 0 Å². The molecule has 2 rings (SSSR count). The summed E-state index contributed by atoms with van der Waals surface area (Å²) in [5.41, 5.74) is 3.06. The van der Waals surface area contributed by atoms with Crippen LogP contribution < -0.4 is 4.74 Å². The summed E-state index contributed by atoms with van der Waals surface area (Å²) in [6.45, 7) is 10.4. The predicted octanol–water partition coefficient (Wildman–Crippen LogP) is 4.05. The van der Waals surface area contributed by atoms with E-state index in [1.807, 2.05) is 19.1 Å². The van der Waals surface area contributed by atoms with E-state index in [0.29, 0.717) is 17.9 Å². The first-order valence-electron chi connectivity index (χ1n) is 8.80. The summed E-state index contributed by atoms with van der Waals surface area (Å²) in [6, 6.07) is 3.99. The molecular weight excluding hydrogens is 316 g/mol.